The summed E-state index contributed by atoms with van der Waals surface area (Å²) in [5.74, 6) is 0. The van der Waals surface area contributed by atoms with Crippen LogP contribution in [0, 0.1) is 0 Å². The monoisotopic (exact) mass is 116 g/mol. The van der Waals surface area contributed by atoms with Crippen LogP contribution in [0.5, 0.6) is 0 Å². The summed E-state index contributed by atoms with van der Waals surface area (Å²) in [5.41, 5.74) is 1.08. The van der Waals surface area contributed by atoms with Crippen molar-refractivity contribution in [3.63, 3.8) is 0 Å². The van der Waals surface area contributed by atoms with Crippen molar-refractivity contribution in [1.29, 1.82) is 0 Å². The van der Waals surface area contributed by atoms with Gasteiger partial charge in [-0.05, 0) is 31.3 Å². The third kappa shape index (κ3) is 1.16. The molecule has 0 spiro atoms. The highest BCUT2D eigenvalue weighted by atomic mass is 31.1. The zero-order chi connectivity index (χ0) is 5.28. The molecule has 1 aliphatic heterocycles. The van der Waals surface area contributed by atoms with Crippen LogP contribution in [0.15, 0.2) is 0 Å². The van der Waals surface area contributed by atoms with Crippen LogP contribution in [0.25, 0.3) is 0 Å². The second-order valence-electron chi connectivity index (χ2n) is 2.47. The lowest BCUT2D eigenvalue weighted by atomic mass is 10.3. The molecule has 0 aliphatic carbocycles. The smallest absolute Gasteiger partial charge is 0.0240 e. The van der Waals surface area contributed by atoms with E-state index < -0.39 is 0 Å². The molecule has 0 N–H and O–H groups in total. The number of hydrogen-bond acceptors (Lipinski definition) is 0. The van der Waals surface area contributed by atoms with E-state index in [1.807, 2.05) is 0 Å². The summed E-state index contributed by atoms with van der Waals surface area (Å²) in [6, 6.07) is 0. The molecule has 0 aromatic rings. The normalized spacial score (nSPS) is 42.0. The van der Waals surface area contributed by atoms with Crippen molar-refractivity contribution in [2.45, 2.75) is 25.4 Å². The quantitative estimate of drug-likeness (QED) is 0.426. The van der Waals surface area contributed by atoms with Crippen molar-refractivity contribution in [1.82, 2.24) is 0 Å². The molecular formula is C6H13P. The van der Waals surface area contributed by atoms with Gasteiger partial charge in [-0.15, -0.1) is 7.92 Å². The molecule has 0 aromatic carbocycles. The van der Waals surface area contributed by atoms with Gasteiger partial charge in [0.25, 0.3) is 0 Å². The molecular weight excluding hydrogens is 103 g/mol. The summed E-state index contributed by atoms with van der Waals surface area (Å²) >= 11 is 0. The fraction of sp³-hybridized carbons (Fsp3) is 1.00. The van der Waals surface area contributed by atoms with Crippen LogP contribution in [-0.4, -0.2) is 18.5 Å². The number of hydrogen-bond donors (Lipinski definition) is 0. The first kappa shape index (κ1) is 5.56. The molecule has 0 aromatic heterocycles. The molecule has 0 bridgehead atoms. The molecule has 0 saturated carbocycles. The maximum Gasteiger partial charge on any atom is -0.0240 e. The van der Waals surface area contributed by atoms with Gasteiger partial charge in [-0.3, -0.25) is 0 Å². The Bertz CT molecular complexity index is 53.2. The highest BCUT2D eigenvalue weighted by Gasteiger charge is 2.16. The topological polar surface area (TPSA) is 0 Å². The van der Waals surface area contributed by atoms with E-state index in [1.165, 1.54) is 19.0 Å². The fourth-order valence-electron chi connectivity index (χ4n) is 1.08. The summed E-state index contributed by atoms with van der Waals surface area (Å²) in [7, 11) is 0.474. The molecule has 1 saturated heterocycles. The first-order chi connectivity index (χ1) is 3.30. The molecule has 2 atom stereocenters. The number of rotatable bonds is 0. The molecule has 1 fully saturated rings. The predicted molar refractivity (Wildman–Crippen MR) is 36.4 cm³/mol. The molecule has 1 heteroatoms. The molecule has 1 unspecified atom stereocenters. The van der Waals surface area contributed by atoms with Gasteiger partial charge >= 0.3 is 0 Å². The van der Waals surface area contributed by atoms with Crippen molar-refractivity contribution >= 4 is 7.92 Å². The summed E-state index contributed by atoms with van der Waals surface area (Å²) in [6.45, 7) is 4.81. The molecule has 0 radical (unpaired) electrons. The Balaban J connectivity index is 2.33. The highest BCUT2D eigenvalue weighted by molar-refractivity contribution is 7.57. The summed E-state index contributed by atoms with van der Waals surface area (Å²) < 4.78 is 0. The van der Waals surface area contributed by atoms with E-state index in [0.29, 0.717) is 7.92 Å². The minimum Gasteiger partial charge on any atom is -0.107 e. The van der Waals surface area contributed by atoms with Gasteiger partial charge in [-0.25, -0.2) is 0 Å². The Morgan fingerprint density at radius 2 is 2.29 bits per heavy atom. The van der Waals surface area contributed by atoms with E-state index in [4.69, 9.17) is 0 Å². The van der Waals surface area contributed by atoms with Gasteiger partial charge in [-0.2, -0.15) is 0 Å². The Labute approximate surface area is 47.1 Å². The van der Waals surface area contributed by atoms with Gasteiger partial charge < -0.3 is 0 Å². The van der Waals surface area contributed by atoms with E-state index in [2.05, 4.69) is 13.6 Å². The molecule has 1 rings (SSSR count). The Hall–Kier alpha value is 0.430. The van der Waals surface area contributed by atoms with E-state index in [0.717, 1.165) is 5.66 Å². The first-order valence-corrected chi connectivity index (χ1v) is 5.05. The van der Waals surface area contributed by atoms with Crippen molar-refractivity contribution in [2.24, 2.45) is 0 Å². The van der Waals surface area contributed by atoms with Gasteiger partial charge in [0.2, 0.25) is 0 Å². The van der Waals surface area contributed by atoms with Crippen molar-refractivity contribution in [3.8, 4) is 0 Å². The molecule has 0 amide bonds. The standard InChI is InChI=1S/C6H13P/c1-6-4-3-5-7(6)2/h6H,3-5H2,1-2H3/t6-,7?/m0/s1. The molecule has 0 nitrogen and oxygen atoms in total. The van der Waals surface area contributed by atoms with Crippen molar-refractivity contribution < 1.29 is 0 Å². The van der Waals surface area contributed by atoms with E-state index in [1.54, 1.807) is 0 Å². The lowest BCUT2D eigenvalue weighted by molar-refractivity contribution is 0.836. The van der Waals surface area contributed by atoms with Gasteiger partial charge in [0.05, 0.1) is 0 Å². The van der Waals surface area contributed by atoms with Crippen LogP contribution >= 0.6 is 7.92 Å². The Kier molecular flexibility index (Phi) is 1.69. The zero-order valence-electron chi connectivity index (χ0n) is 5.15. The predicted octanol–water partition coefficient (Wildman–Crippen LogP) is 2.28. The lowest BCUT2D eigenvalue weighted by Gasteiger charge is -2.06. The Morgan fingerprint density at radius 1 is 1.57 bits per heavy atom. The summed E-state index contributed by atoms with van der Waals surface area (Å²) in [6.07, 6.45) is 4.54. The van der Waals surface area contributed by atoms with Crippen LogP contribution < -0.4 is 0 Å². The van der Waals surface area contributed by atoms with Crippen LogP contribution in [0.3, 0.4) is 0 Å². The van der Waals surface area contributed by atoms with Crippen molar-refractivity contribution in [3.05, 3.63) is 0 Å². The fourth-order valence-corrected chi connectivity index (χ4v) is 2.82. The second-order valence-corrected chi connectivity index (χ2v) is 5.31. The maximum absolute atomic E-state index is 2.42. The second kappa shape index (κ2) is 2.13. The van der Waals surface area contributed by atoms with Crippen LogP contribution in [0.2, 0.25) is 0 Å². The summed E-state index contributed by atoms with van der Waals surface area (Å²) in [5, 5.41) is 0. The van der Waals surface area contributed by atoms with E-state index in [9.17, 15) is 0 Å². The average molecular weight is 116 g/mol. The lowest BCUT2D eigenvalue weighted by Crippen LogP contribution is -1.87. The minimum absolute atomic E-state index is 0.474. The van der Waals surface area contributed by atoms with Gasteiger partial charge in [-0.1, -0.05) is 6.92 Å². The van der Waals surface area contributed by atoms with E-state index in [-0.39, 0.29) is 0 Å². The van der Waals surface area contributed by atoms with Crippen LogP contribution in [0.4, 0.5) is 0 Å². The van der Waals surface area contributed by atoms with Crippen LogP contribution in [-0.2, 0) is 0 Å². The SMILES string of the molecule is C[C@H]1CCCP1C. The van der Waals surface area contributed by atoms with Gasteiger partial charge in [0, 0.05) is 0 Å². The third-order valence-corrected chi connectivity index (χ3v) is 4.67. The van der Waals surface area contributed by atoms with E-state index >= 15 is 0 Å². The van der Waals surface area contributed by atoms with Crippen molar-refractivity contribution in [2.75, 3.05) is 12.8 Å². The molecule has 1 heterocycles. The summed E-state index contributed by atoms with van der Waals surface area (Å²) in [4.78, 5) is 0. The molecule has 7 heavy (non-hydrogen) atoms. The maximum atomic E-state index is 2.42. The van der Waals surface area contributed by atoms with Gasteiger partial charge in [0.1, 0.15) is 0 Å². The first-order valence-electron chi connectivity index (χ1n) is 3.01. The van der Waals surface area contributed by atoms with Gasteiger partial charge in [0.15, 0.2) is 0 Å². The largest absolute Gasteiger partial charge is 0.107 e. The average Bonchev–Trinajstić information content (AvgIpc) is 1.91. The minimum atomic E-state index is 0.474. The Morgan fingerprint density at radius 3 is 2.43 bits per heavy atom. The molecule has 1 aliphatic rings. The zero-order valence-corrected chi connectivity index (χ0v) is 6.04. The third-order valence-electron chi connectivity index (χ3n) is 1.89. The molecule has 42 valence electrons. The highest BCUT2D eigenvalue weighted by Crippen LogP contribution is 2.45. The van der Waals surface area contributed by atoms with Crippen LogP contribution in [0.1, 0.15) is 19.8 Å².